The van der Waals surface area contributed by atoms with Gasteiger partial charge in [0.05, 0.1) is 12.0 Å². The van der Waals surface area contributed by atoms with Crippen LogP contribution >= 0.6 is 0 Å². The maximum Gasteiger partial charge on any atom is 0.330 e. The number of halogens is 1. The van der Waals surface area contributed by atoms with Crippen LogP contribution in [0.1, 0.15) is 10.4 Å². The number of amides is 1. The Morgan fingerprint density at radius 1 is 1.14 bits per heavy atom. The van der Waals surface area contributed by atoms with E-state index in [-0.39, 0.29) is 23.7 Å². The number of fused-ring (bicyclic) bond motifs is 3. The molecule has 16 heteroatoms. The van der Waals surface area contributed by atoms with Crippen molar-refractivity contribution in [1.29, 1.82) is 0 Å². The van der Waals surface area contributed by atoms with Crippen LogP contribution in [0.4, 0.5) is 16.0 Å². The van der Waals surface area contributed by atoms with Gasteiger partial charge in [0.25, 0.3) is 5.91 Å². The van der Waals surface area contributed by atoms with Crippen molar-refractivity contribution in [3.63, 3.8) is 0 Å². The molecular weight excluding hydrogens is 579 g/mol. The molecule has 1 fully saturated rings. The Bertz CT molecular complexity index is 1890. The van der Waals surface area contributed by atoms with Crippen molar-refractivity contribution < 1.29 is 17.8 Å². The minimum absolute atomic E-state index is 0.101. The number of benzene rings is 1. The number of carbonyl (C=O) groups excluding carboxylic acids is 1. The van der Waals surface area contributed by atoms with Crippen molar-refractivity contribution in [2.75, 3.05) is 61.9 Å². The van der Waals surface area contributed by atoms with Gasteiger partial charge in [0, 0.05) is 81.2 Å². The van der Waals surface area contributed by atoms with Gasteiger partial charge in [-0.15, -0.1) is 5.10 Å². The molecule has 1 amide bonds. The van der Waals surface area contributed by atoms with E-state index in [1.54, 1.807) is 42.1 Å². The number of rotatable bonds is 9. The number of nitrogens with one attached hydrogen (secondary N) is 1. The predicted molar refractivity (Wildman–Crippen MR) is 160 cm³/mol. The maximum absolute atomic E-state index is 15.0. The zero-order valence-electron chi connectivity index (χ0n) is 23.7. The first-order valence-electron chi connectivity index (χ1n) is 13.7. The highest BCUT2D eigenvalue weighted by atomic mass is 32.2. The standard InChI is InChI=1S/C27H31FN10O4S/c1-34-21-23(32-26(29)38-24(21)31-22(33-38)20-4-3-14-42-20)37(27(34)40)13-10-35-8-11-36(12-9-35)19-6-5-17(16-18(19)28)25(39)30-7-15-43(2)41/h3-6,14,16H,7-13,15H2,1-2H3,(H2,29,32)(H,30,39). The van der Waals surface area contributed by atoms with Crippen LogP contribution < -0.4 is 21.6 Å². The van der Waals surface area contributed by atoms with E-state index >= 15 is 0 Å². The molecule has 5 aromatic rings. The average Bonchev–Trinajstić information content (AvgIpc) is 3.72. The lowest BCUT2D eigenvalue weighted by atomic mass is 10.1. The van der Waals surface area contributed by atoms with Crippen LogP contribution in [0.5, 0.6) is 0 Å². The van der Waals surface area contributed by atoms with Crippen LogP contribution in [0.2, 0.25) is 0 Å². The van der Waals surface area contributed by atoms with Gasteiger partial charge in [-0.25, -0.2) is 14.2 Å². The number of imidazole rings is 1. The number of nitrogens with two attached hydrogens (primary N) is 1. The summed E-state index contributed by atoms with van der Waals surface area (Å²) >= 11 is 0. The summed E-state index contributed by atoms with van der Waals surface area (Å²) in [7, 11) is 0.646. The Hall–Kier alpha value is -4.57. The fourth-order valence-electron chi connectivity index (χ4n) is 5.27. The highest BCUT2D eigenvalue weighted by Crippen LogP contribution is 2.24. The molecule has 0 spiro atoms. The first-order valence-corrected chi connectivity index (χ1v) is 15.4. The summed E-state index contributed by atoms with van der Waals surface area (Å²) in [5, 5.41) is 7.06. The fraction of sp³-hybridized carbons (Fsp3) is 0.370. The Balaban J connectivity index is 1.12. The molecule has 4 aromatic heterocycles. The van der Waals surface area contributed by atoms with Gasteiger partial charge in [-0.2, -0.15) is 9.50 Å². The van der Waals surface area contributed by atoms with E-state index < -0.39 is 22.5 Å². The highest BCUT2D eigenvalue weighted by Gasteiger charge is 2.24. The minimum Gasteiger partial charge on any atom is -0.461 e. The number of hydrogen-bond acceptors (Lipinski definition) is 10. The number of aromatic nitrogens is 6. The van der Waals surface area contributed by atoms with Gasteiger partial charge in [0.15, 0.2) is 17.1 Å². The predicted octanol–water partition coefficient (Wildman–Crippen LogP) is 0.690. The van der Waals surface area contributed by atoms with Crippen LogP contribution in [0, 0.1) is 5.82 Å². The monoisotopic (exact) mass is 610 g/mol. The van der Waals surface area contributed by atoms with Crippen LogP contribution in [-0.4, -0.2) is 95.0 Å². The average molecular weight is 611 g/mol. The van der Waals surface area contributed by atoms with Crippen molar-refractivity contribution in [1.82, 2.24) is 38.9 Å². The molecule has 1 saturated heterocycles. The largest absolute Gasteiger partial charge is 0.461 e. The number of nitrogens with zero attached hydrogens (tertiary/aromatic N) is 8. The molecule has 1 aliphatic rings. The molecule has 5 heterocycles. The van der Waals surface area contributed by atoms with E-state index in [4.69, 9.17) is 10.2 Å². The number of nitrogen functional groups attached to an aromatic ring is 1. The van der Waals surface area contributed by atoms with Gasteiger partial charge in [-0.05, 0) is 30.3 Å². The number of hydrogen-bond donors (Lipinski definition) is 2. The molecule has 1 aliphatic heterocycles. The maximum atomic E-state index is 15.0. The molecule has 0 saturated carbocycles. The summed E-state index contributed by atoms with van der Waals surface area (Å²) in [4.78, 5) is 38.7. The quantitative estimate of drug-likeness (QED) is 0.243. The zero-order valence-corrected chi connectivity index (χ0v) is 24.5. The topological polar surface area (TPSA) is 162 Å². The van der Waals surface area contributed by atoms with Gasteiger partial charge >= 0.3 is 5.69 Å². The molecule has 0 bridgehead atoms. The lowest BCUT2D eigenvalue weighted by Gasteiger charge is -2.36. The van der Waals surface area contributed by atoms with Crippen molar-refractivity contribution >= 4 is 45.2 Å². The molecule has 43 heavy (non-hydrogen) atoms. The first kappa shape index (κ1) is 28.5. The Kier molecular flexibility index (Phi) is 7.70. The first-order chi connectivity index (χ1) is 20.7. The van der Waals surface area contributed by atoms with Crippen LogP contribution in [0.15, 0.2) is 45.8 Å². The lowest BCUT2D eigenvalue weighted by Crippen LogP contribution is -2.47. The lowest BCUT2D eigenvalue weighted by molar-refractivity contribution is 0.0955. The number of piperazine rings is 1. The number of anilines is 2. The molecule has 1 atom stereocenters. The van der Waals surface area contributed by atoms with Crippen LogP contribution in [0.3, 0.4) is 0 Å². The third kappa shape index (κ3) is 5.50. The summed E-state index contributed by atoms with van der Waals surface area (Å²) in [6.45, 7) is 3.69. The van der Waals surface area contributed by atoms with Crippen LogP contribution in [0.25, 0.3) is 28.4 Å². The van der Waals surface area contributed by atoms with Gasteiger partial charge in [0.2, 0.25) is 11.8 Å². The third-order valence-corrected chi connectivity index (χ3v) is 8.34. The fourth-order valence-corrected chi connectivity index (χ4v) is 5.66. The summed E-state index contributed by atoms with van der Waals surface area (Å²) in [5.41, 5.74) is 7.96. The third-order valence-electron chi connectivity index (χ3n) is 7.56. The van der Waals surface area contributed by atoms with Gasteiger partial charge in [-0.1, -0.05) is 0 Å². The number of aryl methyl sites for hydroxylation is 1. The van der Waals surface area contributed by atoms with E-state index in [1.165, 1.54) is 21.4 Å². The van der Waals surface area contributed by atoms with Crippen molar-refractivity contribution in [2.45, 2.75) is 6.54 Å². The second-order valence-electron chi connectivity index (χ2n) is 10.3. The molecule has 0 radical (unpaired) electrons. The van der Waals surface area contributed by atoms with Crippen molar-refractivity contribution in [3.05, 3.63) is 58.5 Å². The van der Waals surface area contributed by atoms with Crippen molar-refractivity contribution in [3.8, 4) is 11.6 Å². The molecule has 1 unspecified atom stereocenters. The SMILES string of the molecule is Cn1c(=O)n(CCN2CCN(c3ccc(C(=O)NCCS(C)=O)cc3F)CC2)c2nc(N)n3nc(-c4ccco4)nc3c21. The van der Waals surface area contributed by atoms with Gasteiger partial charge in [0.1, 0.15) is 11.3 Å². The number of carbonyl (C=O) groups is 1. The van der Waals surface area contributed by atoms with E-state index in [2.05, 4.69) is 25.3 Å². The van der Waals surface area contributed by atoms with Gasteiger partial charge < -0.3 is 20.4 Å². The normalized spacial score (nSPS) is 15.0. The number of furan rings is 1. The highest BCUT2D eigenvalue weighted by molar-refractivity contribution is 7.84. The molecule has 6 rings (SSSR count). The molecule has 0 aliphatic carbocycles. The Labute approximate surface area is 247 Å². The minimum atomic E-state index is -1.02. The van der Waals surface area contributed by atoms with E-state index in [0.717, 1.165) is 0 Å². The Morgan fingerprint density at radius 2 is 1.93 bits per heavy atom. The molecule has 3 N–H and O–H groups in total. The Morgan fingerprint density at radius 3 is 2.63 bits per heavy atom. The second kappa shape index (κ2) is 11.6. The smallest absolute Gasteiger partial charge is 0.330 e. The summed E-state index contributed by atoms with van der Waals surface area (Å²) in [6.07, 6.45) is 3.09. The molecule has 1 aromatic carbocycles. The molecule has 14 nitrogen and oxygen atoms in total. The summed E-state index contributed by atoms with van der Waals surface area (Å²) < 4.78 is 36.1. The van der Waals surface area contributed by atoms with Crippen LogP contribution in [-0.2, 0) is 24.4 Å². The summed E-state index contributed by atoms with van der Waals surface area (Å²) in [5.74, 6) is 0.385. The zero-order chi connectivity index (χ0) is 30.2. The van der Waals surface area contributed by atoms with Crippen molar-refractivity contribution in [2.24, 2.45) is 7.05 Å². The second-order valence-corrected chi connectivity index (χ2v) is 11.9. The molecular formula is C27H31FN10O4S. The van der Waals surface area contributed by atoms with E-state index in [1.807, 2.05) is 4.90 Å². The van der Waals surface area contributed by atoms with E-state index in [0.29, 0.717) is 79.1 Å². The van der Waals surface area contributed by atoms with Gasteiger partial charge in [-0.3, -0.25) is 23.0 Å². The molecule has 226 valence electrons. The van der Waals surface area contributed by atoms with E-state index in [9.17, 15) is 18.2 Å². The summed E-state index contributed by atoms with van der Waals surface area (Å²) in [6, 6.07) is 7.92.